The van der Waals surface area contributed by atoms with Gasteiger partial charge in [-0.15, -0.1) is 0 Å². The van der Waals surface area contributed by atoms with Crippen molar-refractivity contribution in [1.29, 1.82) is 0 Å². The molecule has 2 aliphatic heterocycles. The molecule has 5 saturated carbocycles. The molecule has 0 aromatic carbocycles. The number of amides is 4. The van der Waals surface area contributed by atoms with E-state index in [4.69, 9.17) is 9.47 Å². The van der Waals surface area contributed by atoms with E-state index in [1.165, 1.54) is 24.8 Å². The lowest BCUT2D eigenvalue weighted by Crippen LogP contribution is -2.47. The lowest BCUT2D eigenvalue weighted by atomic mass is 9.70. The average molecular weight is 731 g/mol. The highest BCUT2D eigenvalue weighted by Gasteiger charge is 2.56. The van der Waals surface area contributed by atoms with E-state index in [2.05, 4.69) is 27.7 Å². The number of sulfone groups is 1. The molecule has 0 aromatic rings. The molecule has 2 saturated heterocycles. The minimum absolute atomic E-state index is 0.0736. The highest BCUT2D eigenvalue weighted by molar-refractivity contribution is 7.92. The molecular formula is C40H62N2O8S. The molecule has 2 heterocycles. The van der Waals surface area contributed by atoms with Crippen LogP contribution in [0.1, 0.15) is 137 Å². The van der Waals surface area contributed by atoms with Gasteiger partial charge in [-0.1, -0.05) is 27.7 Å². The predicted octanol–water partition coefficient (Wildman–Crippen LogP) is 5.84. The van der Waals surface area contributed by atoms with Gasteiger partial charge in [-0.25, -0.2) is 8.42 Å². The number of hydrogen-bond acceptors (Lipinski definition) is 8. The molecule has 7 fully saturated rings. The molecule has 286 valence electrons. The summed E-state index contributed by atoms with van der Waals surface area (Å²) in [6.07, 6.45) is 13.3. The van der Waals surface area contributed by atoms with Crippen LogP contribution in [-0.2, 0) is 38.5 Å². The molecule has 10 nitrogen and oxygen atoms in total. The molecule has 9 unspecified atom stereocenters. The first-order valence-electron chi connectivity index (χ1n) is 20.3. The third-order valence-corrected chi connectivity index (χ3v) is 17.3. The van der Waals surface area contributed by atoms with Gasteiger partial charge in [0.1, 0.15) is 0 Å². The molecule has 11 heteroatoms. The fourth-order valence-corrected chi connectivity index (χ4v) is 13.6. The zero-order chi connectivity index (χ0) is 36.4. The number of carbonyl (C=O) groups is 4. The SMILES string of the molecule is CC1CCC(OC2CC(C(C)(C)C)CCC2OC2CCC(N3C(=O)C4CCC(S(=O)(=O)C5CCC6C(=O)N(C)C(=O)C6C5)CC4C3=O)CC2)CC1. The van der Waals surface area contributed by atoms with Crippen molar-refractivity contribution in [2.24, 2.45) is 40.9 Å². The molecule has 0 radical (unpaired) electrons. The van der Waals surface area contributed by atoms with Crippen molar-refractivity contribution in [3.63, 3.8) is 0 Å². The highest BCUT2D eigenvalue weighted by Crippen LogP contribution is 2.47. The smallest absolute Gasteiger partial charge is 0.233 e. The van der Waals surface area contributed by atoms with Crippen molar-refractivity contribution in [2.45, 2.75) is 178 Å². The number of imide groups is 2. The lowest BCUT2D eigenvalue weighted by molar-refractivity contribution is -0.166. The normalized spacial score (nSPS) is 42.6. The lowest BCUT2D eigenvalue weighted by Gasteiger charge is -2.45. The van der Waals surface area contributed by atoms with E-state index in [9.17, 15) is 27.6 Å². The van der Waals surface area contributed by atoms with Crippen LogP contribution < -0.4 is 0 Å². The number of hydrogen-bond donors (Lipinski definition) is 0. The van der Waals surface area contributed by atoms with Gasteiger partial charge >= 0.3 is 0 Å². The molecule has 0 N–H and O–H groups in total. The summed E-state index contributed by atoms with van der Waals surface area (Å²) in [5.41, 5.74) is 0.232. The Morgan fingerprint density at radius 3 is 1.65 bits per heavy atom. The summed E-state index contributed by atoms with van der Waals surface area (Å²) in [6.45, 7) is 9.35. The second-order valence-electron chi connectivity index (χ2n) is 18.7. The molecule has 0 spiro atoms. The summed E-state index contributed by atoms with van der Waals surface area (Å²) in [5.74, 6) is -1.48. The van der Waals surface area contributed by atoms with Gasteiger partial charge in [0.15, 0.2) is 9.84 Å². The quantitative estimate of drug-likeness (QED) is 0.299. The average Bonchev–Trinajstić information content (AvgIpc) is 3.48. The van der Waals surface area contributed by atoms with Crippen molar-refractivity contribution in [3.05, 3.63) is 0 Å². The zero-order valence-corrected chi connectivity index (χ0v) is 32.4. The van der Waals surface area contributed by atoms with Gasteiger partial charge in [0, 0.05) is 13.1 Å². The van der Waals surface area contributed by atoms with Crippen LogP contribution in [0.15, 0.2) is 0 Å². The summed E-state index contributed by atoms with van der Waals surface area (Å²) in [5, 5.41) is -1.39. The first kappa shape index (κ1) is 37.5. The molecular weight excluding hydrogens is 669 g/mol. The first-order chi connectivity index (χ1) is 24.1. The number of ether oxygens (including phenoxy) is 2. The number of carbonyl (C=O) groups excluding carboxylic acids is 4. The maximum Gasteiger partial charge on any atom is 0.233 e. The van der Waals surface area contributed by atoms with Gasteiger partial charge < -0.3 is 9.47 Å². The van der Waals surface area contributed by atoms with Crippen molar-refractivity contribution in [1.82, 2.24) is 9.80 Å². The number of fused-ring (bicyclic) bond motifs is 2. The largest absolute Gasteiger partial charge is 0.372 e. The van der Waals surface area contributed by atoms with Crippen LogP contribution in [0, 0.1) is 40.9 Å². The molecule has 51 heavy (non-hydrogen) atoms. The Bertz CT molecular complexity index is 1460. The van der Waals surface area contributed by atoms with Gasteiger partial charge in [-0.05, 0) is 126 Å². The van der Waals surface area contributed by atoms with Crippen molar-refractivity contribution in [2.75, 3.05) is 7.05 Å². The molecule has 0 bridgehead atoms. The fourth-order valence-electron chi connectivity index (χ4n) is 11.2. The predicted molar refractivity (Wildman–Crippen MR) is 192 cm³/mol. The standard InChI is InChI=1S/C40H62N2O8S/c1-23-6-11-26(12-7-23)50-35-20-24(40(2,3)4)8-19-34(35)49-27-13-9-25(10-14-27)42-38(45)31-18-16-29(22-33(31)39(42)46)51(47,48)28-15-17-30-32(21-28)37(44)41(5)36(30)43/h23-35H,6-22H2,1-5H3. The summed E-state index contributed by atoms with van der Waals surface area (Å²) < 4.78 is 41.6. The second kappa shape index (κ2) is 14.4. The summed E-state index contributed by atoms with van der Waals surface area (Å²) >= 11 is 0. The number of rotatable bonds is 7. The third-order valence-electron chi connectivity index (χ3n) is 14.6. The van der Waals surface area contributed by atoms with Crippen LogP contribution >= 0.6 is 0 Å². The summed E-state index contributed by atoms with van der Waals surface area (Å²) in [7, 11) is -2.17. The fraction of sp³-hybridized carbons (Fsp3) is 0.900. The Morgan fingerprint density at radius 1 is 0.569 bits per heavy atom. The van der Waals surface area contributed by atoms with Crippen LogP contribution in [0.4, 0.5) is 0 Å². The minimum atomic E-state index is -3.64. The second-order valence-corrected chi connectivity index (χ2v) is 21.2. The van der Waals surface area contributed by atoms with Crippen molar-refractivity contribution in [3.8, 4) is 0 Å². The monoisotopic (exact) mass is 730 g/mol. The number of nitrogens with zero attached hydrogens (tertiary/aromatic N) is 2. The summed E-state index contributed by atoms with van der Waals surface area (Å²) in [6, 6.07) is -0.170. The third kappa shape index (κ3) is 7.22. The molecule has 7 rings (SSSR count). The van der Waals surface area contributed by atoms with Gasteiger partial charge in [0.25, 0.3) is 0 Å². The minimum Gasteiger partial charge on any atom is -0.372 e. The van der Waals surface area contributed by atoms with Crippen molar-refractivity contribution < 1.29 is 37.1 Å². The van der Waals surface area contributed by atoms with E-state index < -0.39 is 44.0 Å². The molecule has 7 aliphatic rings. The summed E-state index contributed by atoms with van der Waals surface area (Å²) in [4.78, 5) is 55.4. The van der Waals surface area contributed by atoms with Gasteiger partial charge in [0.05, 0.1) is 58.6 Å². The molecule has 0 aromatic heterocycles. The van der Waals surface area contributed by atoms with E-state index >= 15 is 0 Å². The van der Waals surface area contributed by atoms with E-state index in [1.54, 1.807) is 0 Å². The van der Waals surface area contributed by atoms with Crippen molar-refractivity contribution >= 4 is 33.5 Å². The Labute approximate surface area is 305 Å². The van der Waals surface area contributed by atoms with E-state index in [1.807, 2.05) is 0 Å². The van der Waals surface area contributed by atoms with Gasteiger partial charge in [-0.2, -0.15) is 0 Å². The van der Waals surface area contributed by atoms with E-state index in [0.717, 1.165) is 55.8 Å². The van der Waals surface area contributed by atoms with Gasteiger partial charge in [0.2, 0.25) is 23.6 Å². The maximum absolute atomic E-state index is 13.9. The van der Waals surface area contributed by atoms with Crippen LogP contribution in [0.5, 0.6) is 0 Å². The number of likely N-dealkylation sites (tertiary alicyclic amines) is 2. The Balaban J connectivity index is 0.941. The Kier molecular flexibility index (Phi) is 10.6. The van der Waals surface area contributed by atoms with E-state index in [-0.39, 0.29) is 66.2 Å². The van der Waals surface area contributed by atoms with Crippen LogP contribution in [0.25, 0.3) is 0 Å². The Hall–Kier alpha value is -1.85. The topological polar surface area (TPSA) is 127 Å². The zero-order valence-electron chi connectivity index (χ0n) is 31.6. The molecule has 9 atom stereocenters. The molecule has 5 aliphatic carbocycles. The molecule has 4 amide bonds. The van der Waals surface area contributed by atoms with Crippen LogP contribution in [0.3, 0.4) is 0 Å². The van der Waals surface area contributed by atoms with Gasteiger partial charge in [-0.3, -0.25) is 29.0 Å². The first-order valence-corrected chi connectivity index (χ1v) is 22.0. The van der Waals surface area contributed by atoms with E-state index in [0.29, 0.717) is 50.5 Å². The van der Waals surface area contributed by atoms with Crippen LogP contribution in [-0.4, -0.2) is 89.9 Å². The van der Waals surface area contributed by atoms with Crippen LogP contribution in [0.2, 0.25) is 0 Å². The Morgan fingerprint density at radius 2 is 1.06 bits per heavy atom. The maximum atomic E-state index is 13.9. The highest BCUT2D eigenvalue weighted by atomic mass is 32.2.